The summed E-state index contributed by atoms with van der Waals surface area (Å²) < 4.78 is 13.8. The Morgan fingerprint density at radius 3 is 2.59 bits per heavy atom. The number of hydrogen-bond donors (Lipinski definition) is 1. The fourth-order valence-electron chi connectivity index (χ4n) is 1.52. The van der Waals surface area contributed by atoms with Crippen LogP contribution < -0.4 is 5.32 Å². The first-order valence-corrected chi connectivity index (χ1v) is 6.83. The molecule has 1 rings (SSSR count). The van der Waals surface area contributed by atoms with Gasteiger partial charge in [0.2, 0.25) is 0 Å². The Hall–Kier alpha value is -0.410. The van der Waals surface area contributed by atoms with Crippen LogP contribution in [0.1, 0.15) is 45.7 Å². The Morgan fingerprint density at radius 1 is 1.41 bits per heavy atom. The first-order chi connectivity index (χ1) is 7.85. The monoisotopic (exact) mass is 301 g/mol. The van der Waals surface area contributed by atoms with E-state index in [-0.39, 0.29) is 11.9 Å². The van der Waals surface area contributed by atoms with Crippen molar-refractivity contribution in [3.63, 3.8) is 0 Å². The lowest BCUT2D eigenvalue weighted by atomic mass is 9.90. The molecule has 3 heteroatoms. The third-order valence-corrected chi connectivity index (χ3v) is 3.96. The van der Waals surface area contributed by atoms with Crippen LogP contribution in [0.2, 0.25) is 0 Å². The zero-order chi connectivity index (χ0) is 13.1. The summed E-state index contributed by atoms with van der Waals surface area (Å²) in [5.74, 6) is -0.207. The van der Waals surface area contributed by atoms with Gasteiger partial charge in [0, 0.05) is 17.1 Å². The molecule has 17 heavy (non-hydrogen) atoms. The summed E-state index contributed by atoms with van der Waals surface area (Å²) in [6.45, 7) is 9.73. The molecule has 96 valence electrons. The third-order valence-electron chi connectivity index (χ3n) is 3.27. The van der Waals surface area contributed by atoms with Crippen LogP contribution in [0.5, 0.6) is 0 Å². The van der Waals surface area contributed by atoms with Gasteiger partial charge < -0.3 is 5.32 Å². The van der Waals surface area contributed by atoms with Crippen molar-refractivity contribution in [1.29, 1.82) is 0 Å². The Morgan fingerprint density at radius 2 is 2.06 bits per heavy atom. The standard InChI is InChI=1S/C14H21BrFN/c1-5-14(3,4)9-17-10(2)12-7-6-11(16)8-13(12)15/h6-8,10,17H,5,9H2,1-4H3. The van der Waals surface area contributed by atoms with E-state index in [0.29, 0.717) is 5.41 Å². The summed E-state index contributed by atoms with van der Waals surface area (Å²) >= 11 is 3.41. The molecule has 0 fully saturated rings. The van der Waals surface area contributed by atoms with Crippen molar-refractivity contribution < 1.29 is 4.39 Å². The average Bonchev–Trinajstić information content (AvgIpc) is 2.26. The molecule has 1 aromatic rings. The summed E-state index contributed by atoms with van der Waals surface area (Å²) in [6, 6.07) is 5.06. The lowest BCUT2D eigenvalue weighted by Gasteiger charge is -2.26. The van der Waals surface area contributed by atoms with Crippen molar-refractivity contribution in [1.82, 2.24) is 5.32 Å². The number of rotatable bonds is 5. The van der Waals surface area contributed by atoms with Crippen LogP contribution in [0, 0.1) is 11.2 Å². The molecule has 0 aliphatic carbocycles. The Bertz CT molecular complexity index is 376. The maximum Gasteiger partial charge on any atom is 0.124 e. The van der Waals surface area contributed by atoms with Crippen LogP contribution in [0.4, 0.5) is 4.39 Å². The first-order valence-electron chi connectivity index (χ1n) is 6.04. The van der Waals surface area contributed by atoms with Gasteiger partial charge >= 0.3 is 0 Å². The second kappa shape index (κ2) is 5.96. The third kappa shape index (κ3) is 4.40. The predicted octanol–water partition coefficient (Wildman–Crippen LogP) is 4.68. The van der Waals surface area contributed by atoms with E-state index in [0.717, 1.165) is 23.0 Å². The molecule has 0 spiro atoms. The molecule has 0 saturated heterocycles. The summed E-state index contributed by atoms with van der Waals surface area (Å²) in [7, 11) is 0. The number of halogens is 2. The van der Waals surface area contributed by atoms with Gasteiger partial charge in [-0.2, -0.15) is 0 Å². The van der Waals surface area contributed by atoms with Crippen LogP contribution >= 0.6 is 15.9 Å². The topological polar surface area (TPSA) is 12.0 Å². The van der Waals surface area contributed by atoms with E-state index in [9.17, 15) is 4.39 Å². The van der Waals surface area contributed by atoms with Crippen LogP contribution in [-0.2, 0) is 0 Å². The predicted molar refractivity (Wildman–Crippen MR) is 74.6 cm³/mol. The van der Waals surface area contributed by atoms with Crippen molar-refractivity contribution >= 4 is 15.9 Å². The normalized spacial score (nSPS) is 13.8. The smallest absolute Gasteiger partial charge is 0.124 e. The highest BCUT2D eigenvalue weighted by molar-refractivity contribution is 9.10. The average molecular weight is 302 g/mol. The minimum absolute atomic E-state index is 0.207. The molecule has 0 aromatic heterocycles. The van der Waals surface area contributed by atoms with E-state index >= 15 is 0 Å². The molecular formula is C14H21BrFN. The quantitative estimate of drug-likeness (QED) is 0.833. The van der Waals surface area contributed by atoms with Gasteiger partial charge in [0.05, 0.1) is 0 Å². The van der Waals surface area contributed by atoms with Crippen molar-refractivity contribution in [2.24, 2.45) is 5.41 Å². The minimum Gasteiger partial charge on any atom is -0.310 e. The molecule has 1 atom stereocenters. The number of hydrogen-bond acceptors (Lipinski definition) is 1. The molecule has 1 N–H and O–H groups in total. The maximum absolute atomic E-state index is 13.0. The van der Waals surface area contributed by atoms with E-state index in [2.05, 4.69) is 48.9 Å². The van der Waals surface area contributed by atoms with Gasteiger partial charge in [0.15, 0.2) is 0 Å². The van der Waals surface area contributed by atoms with Gasteiger partial charge in [-0.1, -0.05) is 42.8 Å². The second-order valence-corrected chi connectivity index (χ2v) is 6.14. The molecule has 0 aliphatic heterocycles. The summed E-state index contributed by atoms with van der Waals surface area (Å²) in [4.78, 5) is 0. The van der Waals surface area contributed by atoms with E-state index in [1.165, 1.54) is 12.1 Å². The molecule has 0 saturated carbocycles. The van der Waals surface area contributed by atoms with Crippen LogP contribution in [0.3, 0.4) is 0 Å². The van der Waals surface area contributed by atoms with Gasteiger partial charge in [0.1, 0.15) is 5.82 Å². The Labute approximate surface area is 112 Å². The molecule has 0 radical (unpaired) electrons. The van der Waals surface area contributed by atoms with Crippen LogP contribution in [0.25, 0.3) is 0 Å². The second-order valence-electron chi connectivity index (χ2n) is 5.29. The van der Waals surface area contributed by atoms with Gasteiger partial charge in [-0.15, -0.1) is 0 Å². The highest BCUT2D eigenvalue weighted by Crippen LogP contribution is 2.25. The lowest BCUT2D eigenvalue weighted by molar-refractivity contribution is 0.313. The maximum atomic E-state index is 13.0. The first kappa shape index (κ1) is 14.7. The highest BCUT2D eigenvalue weighted by Gasteiger charge is 2.17. The van der Waals surface area contributed by atoms with Crippen LogP contribution in [-0.4, -0.2) is 6.54 Å². The lowest BCUT2D eigenvalue weighted by Crippen LogP contribution is -2.31. The van der Waals surface area contributed by atoms with Crippen molar-refractivity contribution in [2.45, 2.75) is 40.2 Å². The molecule has 0 heterocycles. The fourth-order valence-corrected chi connectivity index (χ4v) is 2.21. The summed E-state index contributed by atoms with van der Waals surface area (Å²) in [5.41, 5.74) is 1.39. The molecular weight excluding hydrogens is 281 g/mol. The van der Waals surface area contributed by atoms with Crippen molar-refractivity contribution in [3.05, 3.63) is 34.1 Å². The van der Waals surface area contributed by atoms with E-state index in [1.54, 1.807) is 0 Å². The Kier molecular flexibility index (Phi) is 5.14. The zero-order valence-electron chi connectivity index (χ0n) is 11.0. The molecule has 1 nitrogen and oxygen atoms in total. The van der Waals surface area contributed by atoms with E-state index < -0.39 is 0 Å². The molecule has 1 aromatic carbocycles. The largest absolute Gasteiger partial charge is 0.310 e. The Balaban J connectivity index is 2.67. The van der Waals surface area contributed by atoms with Gasteiger partial charge in [-0.3, -0.25) is 0 Å². The van der Waals surface area contributed by atoms with Gasteiger partial charge in [0.25, 0.3) is 0 Å². The highest BCUT2D eigenvalue weighted by atomic mass is 79.9. The van der Waals surface area contributed by atoms with Crippen molar-refractivity contribution in [2.75, 3.05) is 6.54 Å². The molecule has 0 amide bonds. The summed E-state index contributed by atoms with van der Waals surface area (Å²) in [5, 5.41) is 3.50. The van der Waals surface area contributed by atoms with E-state index in [1.807, 2.05) is 6.07 Å². The van der Waals surface area contributed by atoms with Crippen LogP contribution in [0.15, 0.2) is 22.7 Å². The molecule has 0 bridgehead atoms. The molecule has 0 aliphatic rings. The summed E-state index contributed by atoms with van der Waals surface area (Å²) in [6.07, 6.45) is 1.14. The van der Waals surface area contributed by atoms with E-state index in [4.69, 9.17) is 0 Å². The fraction of sp³-hybridized carbons (Fsp3) is 0.571. The number of nitrogens with one attached hydrogen (secondary N) is 1. The number of benzene rings is 1. The van der Waals surface area contributed by atoms with Gasteiger partial charge in [-0.25, -0.2) is 4.39 Å². The SMILES string of the molecule is CCC(C)(C)CNC(C)c1ccc(F)cc1Br. The molecule has 1 unspecified atom stereocenters. The van der Waals surface area contributed by atoms with Crippen molar-refractivity contribution in [3.8, 4) is 0 Å². The zero-order valence-corrected chi connectivity index (χ0v) is 12.6. The van der Waals surface area contributed by atoms with Gasteiger partial charge in [-0.05, 0) is 36.5 Å². The minimum atomic E-state index is -0.207.